The Morgan fingerprint density at radius 1 is 0.696 bits per heavy atom. The van der Waals surface area contributed by atoms with Crippen molar-refractivity contribution in [2.24, 2.45) is 0 Å². The lowest BCUT2D eigenvalue weighted by Gasteiger charge is -2.40. The fourth-order valence-electron chi connectivity index (χ4n) is 4.99. The average Bonchev–Trinajstić information content (AvgIpc) is 3.29. The van der Waals surface area contributed by atoms with Gasteiger partial charge in [-0.15, -0.1) is 0 Å². The molecule has 3 rings (SSSR count). The van der Waals surface area contributed by atoms with Gasteiger partial charge in [0.25, 0.3) is 0 Å². The Balaban J connectivity index is 2.48. The van der Waals surface area contributed by atoms with Crippen molar-refractivity contribution in [1.82, 2.24) is 4.90 Å². The molecule has 0 bridgehead atoms. The van der Waals surface area contributed by atoms with Crippen LogP contribution in [-0.2, 0) is 34.7 Å². The number of carbonyl (C=O) groups is 1. The molecule has 0 aromatic heterocycles. The second kappa shape index (κ2) is 11.6. The van der Waals surface area contributed by atoms with E-state index in [-0.39, 0.29) is 36.4 Å². The number of amides is 1. The molecule has 0 aliphatic carbocycles. The highest BCUT2D eigenvalue weighted by molar-refractivity contribution is 6.74. The van der Waals surface area contributed by atoms with Crippen LogP contribution in [0.2, 0.25) is 18.1 Å². The second-order valence-corrected chi connectivity index (χ2v) is 17.3. The van der Waals surface area contributed by atoms with Gasteiger partial charge in [0.05, 0.1) is 34.4 Å². The lowest BCUT2D eigenvalue weighted by molar-refractivity contribution is -0.144. The maximum Gasteiger partial charge on any atom is 0.416 e. The van der Waals surface area contributed by atoms with Crippen molar-refractivity contribution >= 4 is 14.4 Å². The molecule has 0 radical (unpaired) electrons. The van der Waals surface area contributed by atoms with E-state index in [1.807, 2.05) is 0 Å². The lowest BCUT2D eigenvalue weighted by Crippen LogP contribution is -2.50. The Bertz CT molecular complexity index is 1320. The van der Waals surface area contributed by atoms with Gasteiger partial charge in [-0.3, -0.25) is 4.90 Å². The number of halogens is 12. The number of aliphatic hydroxyl groups is 1. The maximum absolute atomic E-state index is 13.8. The normalized spacial score (nSPS) is 19.1. The minimum atomic E-state index is -5.54. The predicted octanol–water partition coefficient (Wildman–Crippen LogP) is 9.14. The zero-order valence-electron chi connectivity index (χ0n) is 24.7. The summed E-state index contributed by atoms with van der Waals surface area (Å²) < 4.78 is 172. The molecule has 1 heterocycles. The molecule has 18 heteroatoms. The highest BCUT2D eigenvalue weighted by atomic mass is 28.4. The number of alkyl halides is 12. The molecule has 46 heavy (non-hydrogen) atoms. The number of benzene rings is 2. The average molecular weight is 700 g/mol. The molecule has 1 saturated heterocycles. The molecule has 0 saturated carbocycles. The topological polar surface area (TPSA) is 70.0 Å². The molecule has 2 aromatic rings. The third-order valence-corrected chi connectivity index (χ3v) is 12.8. The molecule has 1 aliphatic rings. The Kier molecular flexibility index (Phi) is 9.45. The monoisotopic (exact) mass is 699 g/mol. The number of hydrogen-bond donors (Lipinski definition) is 2. The van der Waals surface area contributed by atoms with Crippen molar-refractivity contribution in [3.8, 4) is 0 Å². The van der Waals surface area contributed by atoms with Crippen molar-refractivity contribution < 1.29 is 72.1 Å². The number of hydrogen-bond acceptors (Lipinski definition) is 3. The Labute approximate surface area is 255 Å². The van der Waals surface area contributed by atoms with E-state index in [9.17, 15) is 67.7 Å². The van der Waals surface area contributed by atoms with Crippen LogP contribution in [0.1, 0.15) is 60.6 Å². The number of nitrogens with zero attached hydrogens (tertiary/aromatic N) is 1. The minimum Gasteiger partial charge on any atom is -0.465 e. The van der Waals surface area contributed by atoms with Gasteiger partial charge in [0.1, 0.15) is 5.60 Å². The summed E-state index contributed by atoms with van der Waals surface area (Å²) in [6, 6.07) is -3.19. The molecule has 5 nitrogen and oxygen atoms in total. The molecule has 1 fully saturated rings. The van der Waals surface area contributed by atoms with E-state index in [0.717, 1.165) is 0 Å². The Morgan fingerprint density at radius 2 is 1.00 bits per heavy atom. The van der Waals surface area contributed by atoms with Crippen LogP contribution in [-0.4, -0.2) is 48.2 Å². The van der Waals surface area contributed by atoms with Crippen LogP contribution in [0, 0.1) is 0 Å². The fourth-order valence-corrected chi connectivity index (χ4v) is 6.34. The first-order valence-electron chi connectivity index (χ1n) is 13.4. The van der Waals surface area contributed by atoms with E-state index in [2.05, 4.69) is 0 Å². The van der Waals surface area contributed by atoms with Gasteiger partial charge < -0.3 is 14.6 Å². The third-order valence-electron chi connectivity index (χ3n) is 8.31. The van der Waals surface area contributed by atoms with Crippen molar-refractivity contribution in [3.63, 3.8) is 0 Å². The van der Waals surface area contributed by atoms with Crippen LogP contribution >= 0.6 is 0 Å². The molecular formula is C28H29F12NO4Si. The summed E-state index contributed by atoms with van der Waals surface area (Å²) in [5, 5.41) is 21.7. The van der Waals surface area contributed by atoms with Crippen LogP contribution in [0.5, 0.6) is 0 Å². The molecule has 1 amide bonds. The van der Waals surface area contributed by atoms with Gasteiger partial charge in [-0.05, 0) is 72.1 Å². The van der Waals surface area contributed by atoms with Gasteiger partial charge in [-0.1, -0.05) is 20.8 Å². The summed E-state index contributed by atoms with van der Waals surface area (Å²) in [7, 11) is -2.81. The first-order valence-corrected chi connectivity index (χ1v) is 16.3. The number of likely N-dealkylation sites (tertiary alicyclic amines) is 1. The van der Waals surface area contributed by atoms with Crippen molar-refractivity contribution in [2.45, 2.75) is 87.8 Å². The quantitative estimate of drug-likeness (QED) is 0.241. The van der Waals surface area contributed by atoms with Gasteiger partial charge >= 0.3 is 30.8 Å². The summed E-state index contributed by atoms with van der Waals surface area (Å²) in [6.07, 6.45) is -26.0. The zero-order chi connectivity index (χ0) is 35.6. The molecule has 0 spiro atoms. The molecule has 1 aliphatic heterocycles. The molecule has 2 N–H and O–H groups in total. The van der Waals surface area contributed by atoms with Crippen LogP contribution < -0.4 is 0 Å². The number of rotatable bonds is 5. The van der Waals surface area contributed by atoms with Gasteiger partial charge in [-0.2, -0.15) is 52.7 Å². The second-order valence-electron chi connectivity index (χ2n) is 12.5. The smallest absolute Gasteiger partial charge is 0.416 e. The highest BCUT2D eigenvalue weighted by Crippen LogP contribution is 2.48. The van der Waals surface area contributed by atoms with E-state index in [0.29, 0.717) is 4.90 Å². The summed E-state index contributed by atoms with van der Waals surface area (Å²) in [4.78, 5) is 12.7. The van der Waals surface area contributed by atoms with E-state index in [1.165, 1.54) is 0 Å². The number of carboxylic acid groups (broad SMARTS) is 1. The van der Waals surface area contributed by atoms with Crippen LogP contribution in [0.3, 0.4) is 0 Å². The molecule has 258 valence electrons. The summed E-state index contributed by atoms with van der Waals surface area (Å²) in [6.45, 7) is 8.09. The zero-order valence-corrected chi connectivity index (χ0v) is 25.7. The van der Waals surface area contributed by atoms with E-state index in [1.54, 1.807) is 33.9 Å². The molecular weight excluding hydrogens is 670 g/mol. The first-order chi connectivity index (χ1) is 20.4. The van der Waals surface area contributed by atoms with Crippen LogP contribution in [0.15, 0.2) is 36.4 Å². The van der Waals surface area contributed by atoms with Crippen LogP contribution in [0.4, 0.5) is 57.5 Å². The van der Waals surface area contributed by atoms with E-state index < -0.39 is 108 Å². The van der Waals surface area contributed by atoms with E-state index >= 15 is 0 Å². The fraction of sp³-hybridized carbons (Fsp3) is 0.536. The first kappa shape index (κ1) is 37.5. The van der Waals surface area contributed by atoms with Crippen molar-refractivity contribution in [2.75, 3.05) is 6.54 Å². The van der Waals surface area contributed by atoms with Crippen LogP contribution in [0.25, 0.3) is 0 Å². The summed E-state index contributed by atoms with van der Waals surface area (Å²) in [5.74, 6) is 0. The predicted molar refractivity (Wildman–Crippen MR) is 141 cm³/mol. The van der Waals surface area contributed by atoms with Gasteiger partial charge in [0, 0.05) is 6.54 Å². The standard InChI is InChI=1S/C28H29F12NO4Si/c1-23(2,3)46(4,5)45-20-12-21(41(13-20)22(42)43)24(44,14-6-16(25(29,30)31)10-17(7-14)26(32,33)34)15-8-18(27(35,36)37)11-19(9-15)28(38,39)40/h6-11,20-21,44H,12-13H2,1-5H3,(H,42,43)/t20-,21-/m0/s1. The Morgan fingerprint density at radius 3 is 1.26 bits per heavy atom. The SMILES string of the molecule is CC(C)(C)[Si](C)(C)O[C@H]1C[C@@H](C(O)(c2cc(C(F)(F)F)cc(C(F)(F)F)c2)c2cc(C(F)(F)F)cc(C(F)(F)F)c2)N(C(=O)O)C1. The maximum atomic E-state index is 13.8. The Hall–Kier alpha value is -2.99. The minimum absolute atomic E-state index is 0.0647. The van der Waals surface area contributed by atoms with Gasteiger partial charge in [0.15, 0.2) is 8.32 Å². The molecule has 0 unspecified atom stereocenters. The largest absolute Gasteiger partial charge is 0.465 e. The molecule has 2 aromatic carbocycles. The van der Waals surface area contributed by atoms with Crippen molar-refractivity contribution in [1.29, 1.82) is 0 Å². The van der Waals surface area contributed by atoms with Gasteiger partial charge in [-0.25, -0.2) is 4.79 Å². The van der Waals surface area contributed by atoms with Crippen molar-refractivity contribution in [3.05, 3.63) is 69.8 Å². The van der Waals surface area contributed by atoms with E-state index in [4.69, 9.17) is 4.43 Å². The summed E-state index contributed by atoms with van der Waals surface area (Å²) >= 11 is 0. The summed E-state index contributed by atoms with van der Waals surface area (Å²) in [5.41, 5.74) is -14.7. The third kappa shape index (κ3) is 7.59. The highest BCUT2D eigenvalue weighted by Gasteiger charge is 2.54. The lowest BCUT2D eigenvalue weighted by atomic mass is 9.76. The molecule has 2 atom stereocenters. The van der Waals surface area contributed by atoms with Gasteiger partial charge in [0.2, 0.25) is 0 Å².